The summed E-state index contributed by atoms with van der Waals surface area (Å²) >= 11 is 4.43. The SMILES string of the molecule is CC(C)(S)C(Nc1nc2ccccc2o1)C(=O)NS(=O)(=O)c1ccccc1. The van der Waals surface area contributed by atoms with Gasteiger partial charge in [0.2, 0.25) is 0 Å². The first-order valence-corrected chi connectivity index (χ1v) is 10.1. The number of sulfonamides is 1. The third-order valence-corrected chi connectivity index (χ3v) is 5.44. The molecule has 2 aromatic carbocycles. The molecule has 142 valence electrons. The number of para-hydroxylation sites is 2. The molecule has 3 aromatic rings. The number of anilines is 1. The van der Waals surface area contributed by atoms with Gasteiger partial charge in [0.1, 0.15) is 11.6 Å². The molecule has 0 aliphatic rings. The Morgan fingerprint density at radius 2 is 1.74 bits per heavy atom. The first kappa shape index (κ1) is 19.2. The van der Waals surface area contributed by atoms with E-state index in [9.17, 15) is 13.2 Å². The van der Waals surface area contributed by atoms with Gasteiger partial charge in [0.25, 0.3) is 21.9 Å². The van der Waals surface area contributed by atoms with Crippen LogP contribution in [-0.2, 0) is 14.8 Å². The van der Waals surface area contributed by atoms with E-state index in [1.54, 1.807) is 50.2 Å². The van der Waals surface area contributed by atoms with Gasteiger partial charge in [-0.05, 0) is 38.1 Å². The second-order valence-corrected chi connectivity index (χ2v) is 9.34. The van der Waals surface area contributed by atoms with Gasteiger partial charge in [-0.15, -0.1) is 0 Å². The summed E-state index contributed by atoms with van der Waals surface area (Å²) in [6, 6.07) is 13.9. The van der Waals surface area contributed by atoms with Crippen LogP contribution in [0.4, 0.5) is 6.01 Å². The molecule has 0 saturated carbocycles. The second-order valence-electron chi connectivity index (χ2n) is 6.50. The predicted octanol–water partition coefficient (Wildman–Crippen LogP) is 2.82. The molecule has 0 saturated heterocycles. The summed E-state index contributed by atoms with van der Waals surface area (Å²) in [5.41, 5.74) is 1.17. The van der Waals surface area contributed by atoms with E-state index in [0.29, 0.717) is 11.1 Å². The fraction of sp³-hybridized carbons (Fsp3) is 0.222. The van der Waals surface area contributed by atoms with Crippen molar-refractivity contribution in [2.75, 3.05) is 5.32 Å². The molecule has 1 atom stereocenters. The minimum atomic E-state index is -4.01. The highest BCUT2D eigenvalue weighted by atomic mass is 32.2. The zero-order valence-corrected chi connectivity index (χ0v) is 16.4. The monoisotopic (exact) mass is 405 g/mol. The molecule has 9 heteroatoms. The van der Waals surface area contributed by atoms with Crippen molar-refractivity contribution < 1.29 is 17.6 Å². The van der Waals surface area contributed by atoms with Crippen molar-refractivity contribution in [2.24, 2.45) is 0 Å². The van der Waals surface area contributed by atoms with Gasteiger partial charge >= 0.3 is 0 Å². The van der Waals surface area contributed by atoms with Gasteiger partial charge in [0, 0.05) is 4.75 Å². The summed E-state index contributed by atoms with van der Waals surface area (Å²) in [5.74, 6) is -0.763. The van der Waals surface area contributed by atoms with Crippen LogP contribution in [0.25, 0.3) is 11.1 Å². The smallest absolute Gasteiger partial charge is 0.296 e. The van der Waals surface area contributed by atoms with Gasteiger partial charge in [0.15, 0.2) is 5.58 Å². The number of fused-ring (bicyclic) bond motifs is 1. The Kier molecular flexibility index (Phi) is 5.16. The molecular weight excluding hydrogens is 386 g/mol. The number of nitrogens with one attached hydrogen (secondary N) is 2. The van der Waals surface area contributed by atoms with Crippen LogP contribution in [0.3, 0.4) is 0 Å². The van der Waals surface area contributed by atoms with E-state index in [1.165, 1.54) is 12.1 Å². The van der Waals surface area contributed by atoms with Crippen LogP contribution in [0.2, 0.25) is 0 Å². The van der Waals surface area contributed by atoms with Crippen molar-refractivity contribution >= 4 is 45.7 Å². The predicted molar refractivity (Wildman–Crippen MR) is 106 cm³/mol. The van der Waals surface area contributed by atoms with Crippen molar-refractivity contribution in [3.8, 4) is 0 Å². The second kappa shape index (κ2) is 7.24. The number of hydrogen-bond acceptors (Lipinski definition) is 7. The number of aromatic nitrogens is 1. The molecule has 0 aliphatic heterocycles. The maximum Gasteiger partial charge on any atom is 0.296 e. The van der Waals surface area contributed by atoms with E-state index in [-0.39, 0.29) is 10.9 Å². The fourth-order valence-electron chi connectivity index (χ4n) is 2.47. The number of benzene rings is 2. The summed E-state index contributed by atoms with van der Waals surface area (Å²) < 4.78 is 31.6. The lowest BCUT2D eigenvalue weighted by molar-refractivity contribution is -0.120. The molecule has 2 N–H and O–H groups in total. The fourth-order valence-corrected chi connectivity index (χ4v) is 3.67. The Labute approximate surface area is 162 Å². The largest absolute Gasteiger partial charge is 0.424 e. The zero-order valence-electron chi connectivity index (χ0n) is 14.7. The van der Waals surface area contributed by atoms with E-state index < -0.39 is 26.7 Å². The molecule has 3 rings (SSSR count). The molecule has 27 heavy (non-hydrogen) atoms. The molecule has 7 nitrogen and oxygen atoms in total. The van der Waals surface area contributed by atoms with Crippen LogP contribution in [0.5, 0.6) is 0 Å². The normalized spacial score (nSPS) is 13.3. The number of carbonyl (C=O) groups excluding carboxylic acids is 1. The first-order chi connectivity index (χ1) is 12.7. The third-order valence-electron chi connectivity index (χ3n) is 3.82. The Hall–Kier alpha value is -2.52. The number of nitrogens with zero attached hydrogens (tertiary/aromatic N) is 1. The standard InChI is InChI=1S/C18H19N3O4S2/c1-18(2,26)15(20-17-19-13-10-6-7-11-14(13)25-17)16(22)21-27(23,24)12-8-4-3-5-9-12/h3-11,15,26H,1-2H3,(H,19,20)(H,21,22). The summed E-state index contributed by atoms with van der Waals surface area (Å²) in [4.78, 5) is 17.0. The van der Waals surface area contributed by atoms with Crippen molar-refractivity contribution in [2.45, 2.75) is 29.5 Å². The number of hydrogen-bond donors (Lipinski definition) is 3. The number of oxazole rings is 1. The molecule has 1 aromatic heterocycles. The number of rotatable bonds is 6. The molecule has 0 bridgehead atoms. The molecule has 0 spiro atoms. The number of carbonyl (C=O) groups is 1. The summed E-state index contributed by atoms with van der Waals surface area (Å²) in [6.45, 7) is 3.37. The average Bonchev–Trinajstić information content (AvgIpc) is 3.01. The van der Waals surface area contributed by atoms with E-state index in [1.807, 2.05) is 6.07 Å². The van der Waals surface area contributed by atoms with Gasteiger partial charge in [-0.1, -0.05) is 30.3 Å². The Balaban J connectivity index is 1.85. The van der Waals surface area contributed by atoms with Crippen molar-refractivity contribution in [1.82, 2.24) is 9.71 Å². The van der Waals surface area contributed by atoms with Crippen LogP contribution in [0.15, 0.2) is 63.9 Å². The number of thiol groups is 1. The molecule has 0 aliphatic carbocycles. The molecule has 0 radical (unpaired) electrons. The van der Waals surface area contributed by atoms with Crippen LogP contribution in [-0.4, -0.2) is 30.1 Å². The lowest BCUT2D eigenvalue weighted by Gasteiger charge is -2.28. The minimum Gasteiger partial charge on any atom is -0.424 e. The van der Waals surface area contributed by atoms with Crippen LogP contribution < -0.4 is 10.0 Å². The molecule has 1 heterocycles. The maximum absolute atomic E-state index is 12.7. The topological polar surface area (TPSA) is 101 Å². The van der Waals surface area contributed by atoms with Gasteiger partial charge in [-0.3, -0.25) is 4.79 Å². The Bertz CT molecular complexity index is 1020. The highest BCUT2D eigenvalue weighted by Gasteiger charge is 2.35. The molecule has 1 amide bonds. The summed E-state index contributed by atoms with van der Waals surface area (Å²) in [6.07, 6.45) is 0. The molecule has 1 unspecified atom stereocenters. The van der Waals surface area contributed by atoms with Crippen molar-refractivity contribution in [3.63, 3.8) is 0 Å². The maximum atomic E-state index is 12.7. The van der Waals surface area contributed by atoms with E-state index in [2.05, 4.69) is 27.7 Å². The average molecular weight is 406 g/mol. The quantitative estimate of drug-likeness (QED) is 0.545. The lowest BCUT2D eigenvalue weighted by Crippen LogP contribution is -2.51. The highest BCUT2D eigenvalue weighted by molar-refractivity contribution is 7.90. The van der Waals surface area contributed by atoms with Crippen molar-refractivity contribution in [1.29, 1.82) is 0 Å². The molecular formula is C18H19N3O4S2. The third kappa shape index (κ3) is 4.42. The summed E-state index contributed by atoms with van der Waals surface area (Å²) in [5, 5.41) is 2.85. The van der Waals surface area contributed by atoms with E-state index in [4.69, 9.17) is 4.42 Å². The first-order valence-electron chi connectivity index (χ1n) is 8.13. The van der Waals surface area contributed by atoms with Crippen LogP contribution in [0, 0.1) is 0 Å². The lowest BCUT2D eigenvalue weighted by atomic mass is 10.0. The highest BCUT2D eigenvalue weighted by Crippen LogP contribution is 2.25. The van der Waals surface area contributed by atoms with Crippen LogP contribution >= 0.6 is 12.6 Å². The summed E-state index contributed by atoms with van der Waals surface area (Å²) in [7, 11) is -4.01. The minimum absolute atomic E-state index is 0.00377. The van der Waals surface area contributed by atoms with Gasteiger partial charge < -0.3 is 9.73 Å². The molecule has 0 fully saturated rings. The van der Waals surface area contributed by atoms with Crippen molar-refractivity contribution in [3.05, 3.63) is 54.6 Å². The van der Waals surface area contributed by atoms with E-state index >= 15 is 0 Å². The zero-order chi connectivity index (χ0) is 19.7. The van der Waals surface area contributed by atoms with Gasteiger partial charge in [-0.25, -0.2) is 13.1 Å². The van der Waals surface area contributed by atoms with Gasteiger partial charge in [0.05, 0.1) is 4.90 Å². The Morgan fingerprint density at radius 3 is 2.37 bits per heavy atom. The van der Waals surface area contributed by atoms with Crippen LogP contribution in [0.1, 0.15) is 13.8 Å². The van der Waals surface area contributed by atoms with Gasteiger partial charge in [-0.2, -0.15) is 17.6 Å². The van der Waals surface area contributed by atoms with E-state index in [0.717, 1.165) is 0 Å². The number of amides is 1. The Morgan fingerprint density at radius 1 is 1.11 bits per heavy atom.